The van der Waals surface area contributed by atoms with Crippen LogP contribution in [0.2, 0.25) is 0 Å². The Morgan fingerprint density at radius 3 is 3.00 bits per heavy atom. The van der Waals surface area contributed by atoms with Crippen molar-refractivity contribution in [3.63, 3.8) is 0 Å². The van der Waals surface area contributed by atoms with Gasteiger partial charge in [0.2, 0.25) is 0 Å². The van der Waals surface area contributed by atoms with E-state index < -0.39 is 6.04 Å². The number of carbonyl (C=O) groups is 1. The lowest BCUT2D eigenvalue weighted by Gasteiger charge is -2.04. The average molecular weight is 195 g/mol. The number of carbonyl (C=O) groups excluding carboxylic acids is 1. The van der Waals surface area contributed by atoms with Crippen LogP contribution in [0.4, 0.5) is 0 Å². The normalized spacial score (nSPS) is 11.8. The molecule has 1 atom stereocenters. The Labute approximate surface area is 80.4 Å². The van der Waals surface area contributed by atoms with Crippen LogP contribution in [0.3, 0.4) is 0 Å². The summed E-state index contributed by atoms with van der Waals surface area (Å²) in [5.41, 5.74) is 1.25. The number of amides is 1. The molecule has 0 saturated heterocycles. The zero-order valence-electron chi connectivity index (χ0n) is 7.37. The van der Waals surface area contributed by atoms with Gasteiger partial charge in [-0.3, -0.25) is 4.79 Å². The first-order valence-electron chi connectivity index (χ1n) is 3.76. The summed E-state index contributed by atoms with van der Waals surface area (Å²) in [7, 11) is 0. The summed E-state index contributed by atoms with van der Waals surface area (Å²) in [5, 5.41) is 12.7. The lowest BCUT2D eigenvalue weighted by Crippen LogP contribution is -2.31. The highest BCUT2D eigenvalue weighted by Crippen LogP contribution is 2.08. The molecule has 0 radical (unpaired) electrons. The maximum atomic E-state index is 11.4. The van der Waals surface area contributed by atoms with Crippen LogP contribution in [0.5, 0.6) is 0 Å². The van der Waals surface area contributed by atoms with Crippen LogP contribution in [-0.2, 0) is 0 Å². The van der Waals surface area contributed by atoms with Gasteiger partial charge in [-0.1, -0.05) is 0 Å². The van der Waals surface area contributed by atoms with E-state index in [4.69, 9.17) is 5.26 Å². The van der Waals surface area contributed by atoms with Crippen LogP contribution in [0.25, 0.3) is 0 Å². The molecule has 4 nitrogen and oxygen atoms in total. The van der Waals surface area contributed by atoms with Crippen molar-refractivity contribution < 1.29 is 4.79 Å². The van der Waals surface area contributed by atoms with E-state index in [9.17, 15) is 4.79 Å². The van der Waals surface area contributed by atoms with Crippen molar-refractivity contribution in [3.05, 3.63) is 16.6 Å². The van der Waals surface area contributed by atoms with Crippen LogP contribution in [0.1, 0.15) is 23.0 Å². The van der Waals surface area contributed by atoms with E-state index in [2.05, 4.69) is 9.69 Å². The van der Waals surface area contributed by atoms with Gasteiger partial charge in [0.1, 0.15) is 6.04 Å². The molecule has 0 saturated carbocycles. The van der Waals surface area contributed by atoms with Crippen LogP contribution < -0.4 is 5.32 Å². The number of hydrogen-bond acceptors (Lipinski definition) is 4. The first-order chi connectivity index (χ1) is 6.15. The molecule has 1 heterocycles. The monoisotopic (exact) mass is 195 g/mol. The number of aromatic nitrogens is 1. The first-order valence-corrected chi connectivity index (χ1v) is 4.60. The third-order valence-electron chi connectivity index (χ3n) is 1.54. The minimum Gasteiger partial charge on any atom is -0.336 e. The molecule has 13 heavy (non-hydrogen) atoms. The third kappa shape index (κ3) is 2.26. The molecule has 1 aromatic rings. The molecule has 0 spiro atoms. The Balaban J connectivity index is 2.71. The van der Waals surface area contributed by atoms with E-state index in [0.29, 0.717) is 11.3 Å². The summed E-state index contributed by atoms with van der Waals surface area (Å²) in [5.74, 6) is -0.236. The van der Waals surface area contributed by atoms with Gasteiger partial charge in [0.25, 0.3) is 5.91 Å². The van der Waals surface area contributed by atoms with Crippen molar-refractivity contribution in [1.82, 2.24) is 9.69 Å². The van der Waals surface area contributed by atoms with Crippen LogP contribution in [0, 0.1) is 18.3 Å². The first kappa shape index (κ1) is 9.68. The van der Waals surface area contributed by atoms with E-state index in [1.54, 1.807) is 19.2 Å². The molecular formula is C8H9N3OS. The van der Waals surface area contributed by atoms with Crippen molar-refractivity contribution in [2.45, 2.75) is 19.9 Å². The molecule has 0 aliphatic heterocycles. The number of nitriles is 1. The predicted octanol–water partition coefficient (Wildman–Crippen LogP) is 1.09. The smallest absolute Gasteiger partial charge is 0.255 e. The third-order valence-corrected chi connectivity index (χ3v) is 2.26. The van der Waals surface area contributed by atoms with Gasteiger partial charge in [-0.25, -0.2) is 0 Å². The zero-order chi connectivity index (χ0) is 9.84. The Bertz CT molecular complexity index is 353. The number of aryl methyl sites for hydroxylation is 1. The number of rotatable bonds is 2. The molecule has 0 aromatic carbocycles. The van der Waals surface area contributed by atoms with Gasteiger partial charge in [0.05, 0.1) is 17.3 Å². The van der Waals surface area contributed by atoms with Gasteiger partial charge in [0, 0.05) is 5.38 Å². The van der Waals surface area contributed by atoms with Crippen LogP contribution >= 0.6 is 11.5 Å². The van der Waals surface area contributed by atoms with Crippen molar-refractivity contribution in [3.8, 4) is 6.07 Å². The van der Waals surface area contributed by atoms with E-state index in [1.807, 2.05) is 6.07 Å². The molecule has 5 heteroatoms. The highest BCUT2D eigenvalue weighted by Gasteiger charge is 2.12. The fraction of sp³-hybridized carbons (Fsp3) is 0.375. The van der Waals surface area contributed by atoms with E-state index in [1.165, 1.54) is 11.5 Å². The molecule has 0 fully saturated rings. The molecule has 0 aliphatic rings. The van der Waals surface area contributed by atoms with Crippen LogP contribution in [-0.4, -0.2) is 16.3 Å². The highest BCUT2D eigenvalue weighted by molar-refractivity contribution is 7.03. The Morgan fingerprint density at radius 2 is 2.54 bits per heavy atom. The van der Waals surface area contributed by atoms with Gasteiger partial charge in [-0.2, -0.15) is 9.64 Å². The predicted molar refractivity (Wildman–Crippen MR) is 49.4 cm³/mol. The summed E-state index contributed by atoms with van der Waals surface area (Å²) in [6.07, 6.45) is 0. The Hall–Kier alpha value is -1.41. The summed E-state index contributed by atoms with van der Waals surface area (Å²) >= 11 is 1.24. The minimum absolute atomic E-state index is 0.236. The van der Waals surface area contributed by atoms with Gasteiger partial charge in [0.15, 0.2) is 0 Å². The second-order valence-electron chi connectivity index (χ2n) is 2.64. The molecular weight excluding hydrogens is 186 g/mol. The molecule has 1 amide bonds. The van der Waals surface area contributed by atoms with Crippen LogP contribution in [0.15, 0.2) is 5.38 Å². The largest absolute Gasteiger partial charge is 0.336 e. The van der Waals surface area contributed by atoms with E-state index in [-0.39, 0.29) is 5.91 Å². The van der Waals surface area contributed by atoms with E-state index >= 15 is 0 Å². The molecule has 68 valence electrons. The molecule has 1 aromatic heterocycles. The number of hydrogen-bond donors (Lipinski definition) is 1. The van der Waals surface area contributed by atoms with Gasteiger partial charge < -0.3 is 5.32 Å². The fourth-order valence-electron chi connectivity index (χ4n) is 0.817. The van der Waals surface area contributed by atoms with Crippen molar-refractivity contribution in [2.75, 3.05) is 0 Å². The molecule has 0 aliphatic carbocycles. The Kier molecular flexibility index (Phi) is 2.98. The van der Waals surface area contributed by atoms with Crippen molar-refractivity contribution in [1.29, 1.82) is 5.26 Å². The lowest BCUT2D eigenvalue weighted by atomic mass is 10.2. The highest BCUT2D eigenvalue weighted by atomic mass is 32.1. The molecule has 0 bridgehead atoms. The van der Waals surface area contributed by atoms with Gasteiger partial charge in [-0.05, 0) is 25.4 Å². The summed E-state index contributed by atoms with van der Waals surface area (Å²) in [6.45, 7) is 3.40. The molecule has 0 unspecified atom stereocenters. The summed E-state index contributed by atoms with van der Waals surface area (Å²) in [6, 6.07) is 1.46. The number of nitrogens with one attached hydrogen (secondary N) is 1. The maximum Gasteiger partial charge on any atom is 0.255 e. The lowest BCUT2D eigenvalue weighted by molar-refractivity contribution is 0.0947. The van der Waals surface area contributed by atoms with Crippen molar-refractivity contribution >= 4 is 17.4 Å². The van der Waals surface area contributed by atoms with E-state index in [0.717, 1.165) is 0 Å². The number of nitrogens with zero attached hydrogens (tertiary/aromatic N) is 2. The van der Waals surface area contributed by atoms with Gasteiger partial charge >= 0.3 is 0 Å². The standard InChI is InChI=1S/C8H9N3OS/c1-5(3-9)10-8(12)7-4-13-11-6(7)2/h4-5H,1-2H3,(H,10,12)/t5-/m0/s1. The quantitative estimate of drug-likeness (QED) is 0.768. The summed E-state index contributed by atoms with van der Waals surface area (Å²) < 4.78 is 3.97. The second-order valence-corrected chi connectivity index (χ2v) is 3.27. The Morgan fingerprint density at radius 1 is 1.85 bits per heavy atom. The maximum absolute atomic E-state index is 11.4. The zero-order valence-corrected chi connectivity index (χ0v) is 8.18. The minimum atomic E-state index is -0.466. The molecule has 1 rings (SSSR count). The van der Waals surface area contributed by atoms with Crippen molar-refractivity contribution in [2.24, 2.45) is 0 Å². The average Bonchev–Trinajstić information content (AvgIpc) is 2.51. The fourth-order valence-corrected chi connectivity index (χ4v) is 1.51. The summed E-state index contributed by atoms with van der Waals surface area (Å²) in [4.78, 5) is 11.4. The molecule has 1 N–H and O–H groups in total. The second kappa shape index (κ2) is 4.01. The topological polar surface area (TPSA) is 65.8 Å². The van der Waals surface area contributed by atoms with Gasteiger partial charge in [-0.15, -0.1) is 0 Å². The SMILES string of the molecule is Cc1nscc1C(=O)N[C@@H](C)C#N.